The molecule has 0 saturated heterocycles. The van der Waals surface area contributed by atoms with Crippen molar-refractivity contribution >= 4 is 0 Å². The molecule has 0 amide bonds. The summed E-state index contributed by atoms with van der Waals surface area (Å²) < 4.78 is 0. The van der Waals surface area contributed by atoms with Crippen molar-refractivity contribution in [1.29, 1.82) is 0 Å². The lowest BCUT2D eigenvalue weighted by atomic mass is 9.72. The van der Waals surface area contributed by atoms with E-state index >= 15 is 0 Å². The molecule has 1 aromatic rings. The maximum absolute atomic E-state index is 6.23. The summed E-state index contributed by atoms with van der Waals surface area (Å²) in [5.74, 6) is 1.62. The molecular formula is C18H31N3. The lowest BCUT2D eigenvalue weighted by Crippen LogP contribution is -2.54. The monoisotopic (exact) mass is 289 g/mol. The highest BCUT2D eigenvalue weighted by Gasteiger charge is 2.38. The number of aromatic nitrogens is 1. The molecule has 1 saturated carbocycles. The third-order valence-electron chi connectivity index (χ3n) is 5.06. The van der Waals surface area contributed by atoms with Crippen LogP contribution in [-0.4, -0.2) is 29.0 Å². The largest absolute Gasteiger partial charge is 0.329 e. The molecule has 1 heterocycles. The van der Waals surface area contributed by atoms with Crippen molar-refractivity contribution in [3.8, 4) is 0 Å². The minimum Gasteiger partial charge on any atom is -0.329 e. The second kappa shape index (κ2) is 7.37. The highest BCUT2D eigenvalue weighted by molar-refractivity contribution is 5.09. The summed E-state index contributed by atoms with van der Waals surface area (Å²) >= 11 is 0. The van der Waals surface area contributed by atoms with Crippen molar-refractivity contribution in [2.75, 3.05) is 13.6 Å². The zero-order valence-electron chi connectivity index (χ0n) is 13.9. The Morgan fingerprint density at radius 3 is 2.90 bits per heavy atom. The van der Waals surface area contributed by atoms with Crippen LogP contribution in [0.3, 0.4) is 0 Å². The van der Waals surface area contributed by atoms with Crippen LogP contribution in [0.4, 0.5) is 0 Å². The Kier molecular flexibility index (Phi) is 5.77. The number of likely N-dealkylation sites (N-methyl/N-ethyl adjacent to an activating group) is 1. The number of hydrogen-bond acceptors (Lipinski definition) is 3. The maximum atomic E-state index is 6.23. The molecule has 21 heavy (non-hydrogen) atoms. The number of nitrogens with zero attached hydrogens (tertiary/aromatic N) is 2. The van der Waals surface area contributed by atoms with E-state index in [0.29, 0.717) is 0 Å². The molecule has 0 radical (unpaired) electrons. The third-order valence-corrected chi connectivity index (χ3v) is 5.06. The van der Waals surface area contributed by atoms with Crippen molar-refractivity contribution < 1.29 is 0 Å². The van der Waals surface area contributed by atoms with Crippen molar-refractivity contribution in [1.82, 2.24) is 9.88 Å². The van der Waals surface area contributed by atoms with Gasteiger partial charge in [0, 0.05) is 31.0 Å². The Hall–Kier alpha value is -0.930. The Balaban J connectivity index is 2.05. The first-order valence-electron chi connectivity index (χ1n) is 8.36. The quantitative estimate of drug-likeness (QED) is 0.872. The van der Waals surface area contributed by atoms with Gasteiger partial charge in [0.15, 0.2) is 0 Å². The lowest BCUT2D eigenvalue weighted by Gasteiger charge is -2.47. The maximum Gasteiger partial charge on any atom is 0.0334 e. The first-order chi connectivity index (χ1) is 10.1. The number of pyridine rings is 1. The van der Waals surface area contributed by atoms with Gasteiger partial charge in [-0.1, -0.05) is 32.8 Å². The van der Waals surface area contributed by atoms with Gasteiger partial charge in [-0.2, -0.15) is 0 Å². The molecular weight excluding hydrogens is 258 g/mol. The van der Waals surface area contributed by atoms with E-state index in [1.54, 1.807) is 0 Å². The molecule has 2 rings (SSSR count). The van der Waals surface area contributed by atoms with E-state index in [-0.39, 0.29) is 5.54 Å². The van der Waals surface area contributed by atoms with Gasteiger partial charge in [-0.25, -0.2) is 0 Å². The molecule has 3 heteroatoms. The zero-order chi connectivity index (χ0) is 15.3. The summed E-state index contributed by atoms with van der Waals surface area (Å²) in [7, 11) is 2.23. The van der Waals surface area contributed by atoms with Crippen molar-refractivity contribution in [2.45, 2.75) is 58.0 Å². The highest BCUT2D eigenvalue weighted by atomic mass is 15.2. The van der Waals surface area contributed by atoms with Gasteiger partial charge in [-0.05, 0) is 49.8 Å². The van der Waals surface area contributed by atoms with Crippen LogP contribution in [0.1, 0.15) is 51.5 Å². The number of nitrogens with two attached hydrogens (primary N) is 1. The van der Waals surface area contributed by atoms with E-state index in [0.717, 1.165) is 24.9 Å². The fourth-order valence-electron chi connectivity index (χ4n) is 3.95. The predicted octanol–water partition coefficient (Wildman–Crippen LogP) is 3.45. The molecule has 0 spiro atoms. The Morgan fingerprint density at radius 2 is 2.29 bits per heavy atom. The molecule has 0 aromatic carbocycles. The van der Waals surface area contributed by atoms with Crippen LogP contribution >= 0.6 is 0 Å². The highest BCUT2D eigenvalue weighted by Crippen LogP contribution is 2.39. The van der Waals surface area contributed by atoms with Gasteiger partial charge < -0.3 is 5.73 Å². The molecule has 0 aliphatic heterocycles. The zero-order valence-corrected chi connectivity index (χ0v) is 13.9. The van der Waals surface area contributed by atoms with Crippen LogP contribution in [0.2, 0.25) is 0 Å². The molecule has 118 valence electrons. The predicted molar refractivity (Wildman–Crippen MR) is 88.9 cm³/mol. The Bertz CT molecular complexity index is 418. The average molecular weight is 289 g/mol. The summed E-state index contributed by atoms with van der Waals surface area (Å²) in [6.45, 7) is 6.37. The summed E-state index contributed by atoms with van der Waals surface area (Å²) in [6.07, 6.45) is 10.3. The van der Waals surface area contributed by atoms with Crippen molar-refractivity contribution in [2.24, 2.45) is 17.6 Å². The van der Waals surface area contributed by atoms with E-state index < -0.39 is 0 Å². The van der Waals surface area contributed by atoms with Crippen LogP contribution in [-0.2, 0) is 6.54 Å². The summed E-state index contributed by atoms with van der Waals surface area (Å²) in [4.78, 5) is 6.71. The van der Waals surface area contributed by atoms with Gasteiger partial charge in [0.2, 0.25) is 0 Å². The normalized spacial score (nSPS) is 26.5. The fourth-order valence-corrected chi connectivity index (χ4v) is 3.95. The van der Waals surface area contributed by atoms with E-state index in [1.807, 2.05) is 18.5 Å². The summed E-state index contributed by atoms with van der Waals surface area (Å²) in [5, 5.41) is 0. The summed E-state index contributed by atoms with van der Waals surface area (Å²) in [5.41, 5.74) is 7.68. The Morgan fingerprint density at radius 1 is 1.48 bits per heavy atom. The SMILES string of the molecule is CC(C)CC1CCCC(CN)(N(C)Cc2cccnc2)C1. The third kappa shape index (κ3) is 4.27. The molecule has 1 fully saturated rings. The van der Waals surface area contributed by atoms with Gasteiger partial charge in [0.05, 0.1) is 0 Å². The van der Waals surface area contributed by atoms with Gasteiger partial charge in [0.25, 0.3) is 0 Å². The Labute approximate surface area is 129 Å². The molecule has 2 atom stereocenters. The van der Waals surface area contributed by atoms with E-state index in [2.05, 4.69) is 36.8 Å². The number of hydrogen-bond donors (Lipinski definition) is 1. The van der Waals surface area contributed by atoms with Crippen LogP contribution in [0.15, 0.2) is 24.5 Å². The van der Waals surface area contributed by atoms with Crippen LogP contribution in [0.25, 0.3) is 0 Å². The van der Waals surface area contributed by atoms with Crippen molar-refractivity contribution in [3.05, 3.63) is 30.1 Å². The molecule has 1 aliphatic carbocycles. The van der Waals surface area contributed by atoms with Gasteiger partial charge in [-0.3, -0.25) is 9.88 Å². The molecule has 3 nitrogen and oxygen atoms in total. The van der Waals surface area contributed by atoms with Gasteiger partial charge in [-0.15, -0.1) is 0 Å². The topological polar surface area (TPSA) is 42.1 Å². The second-order valence-corrected chi connectivity index (χ2v) is 7.24. The lowest BCUT2D eigenvalue weighted by molar-refractivity contribution is 0.0461. The van der Waals surface area contributed by atoms with Crippen LogP contribution < -0.4 is 5.73 Å². The average Bonchev–Trinajstić information content (AvgIpc) is 2.47. The molecule has 0 bridgehead atoms. The standard InChI is InChI=1S/C18H31N3/c1-15(2)10-16-6-4-8-18(11-16,14-19)21(3)13-17-7-5-9-20-12-17/h5,7,9,12,15-16H,4,6,8,10-11,13-14,19H2,1-3H3. The van der Waals surface area contributed by atoms with E-state index in [1.165, 1.54) is 37.7 Å². The van der Waals surface area contributed by atoms with Crippen LogP contribution in [0.5, 0.6) is 0 Å². The molecule has 2 N–H and O–H groups in total. The molecule has 2 unspecified atom stereocenters. The first-order valence-corrected chi connectivity index (χ1v) is 8.36. The molecule has 1 aromatic heterocycles. The molecule has 1 aliphatic rings. The van der Waals surface area contributed by atoms with Crippen molar-refractivity contribution in [3.63, 3.8) is 0 Å². The second-order valence-electron chi connectivity index (χ2n) is 7.24. The first kappa shape index (κ1) is 16.4. The van der Waals surface area contributed by atoms with Crippen LogP contribution in [0, 0.1) is 11.8 Å². The van der Waals surface area contributed by atoms with Gasteiger partial charge >= 0.3 is 0 Å². The fraction of sp³-hybridized carbons (Fsp3) is 0.722. The minimum absolute atomic E-state index is 0.174. The van der Waals surface area contributed by atoms with E-state index in [4.69, 9.17) is 5.73 Å². The smallest absolute Gasteiger partial charge is 0.0334 e. The number of rotatable bonds is 6. The van der Waals surface area contributed by atoms with E-state index in [9.17, 15) is 0 Å². The van der Waals surface area contributed by atoms with Gasteiger partial charge in [0.1, 0.15) is 0 Å². The minimum atomic E-state index is 0.174. The summed E-state index contributed by atoms with van der Waals surface area (Å²) in [6, 6.07) is 4.17.